The van der Waals surface area contributed by atoms with Crippen LogP contribution < -0.4 is 4.74 Å². The molecule has 1 aliphatic heterocycles. The van der Waals surface area contributed by atoms with Gasteiger partial charge in [-0.3, -0.25) is 4.79 Å². The van der Waals surface area contributed by atoms with Crippen molar-refractivity contribution in [2.75, 3.05) is 33.5 Å². The largest absolute Gasteiger partial charge is 0.497 e. The predicted octanol–water partition coefficient (Wildman–Crippen LogP) is 1.29. The minimum Gasteiger partial charge on any atom is -0.497 e. The summed E-state index contributed by atoms with van der Waals surface area (Å²) in [6.07, 6.45) is 0. The van der Waals surface area contributed by atoms with Crippen LogP contribution in [0.5, 0.6) is 5.75 Å². The van der Waals surface area contributed by atoms with E-state index in [-0.39, 0.29) is 18.6 Å². The lowest BCUT2D eigenvalue weighted by molar-refractivity contribution is -0.0184. The molecule has 0 aliphatic carbocycles. The van der Waals surface area contributed by atoms with E-state index in [1.807, 2.05) is 0 Å². The van der Waals surface area contributed by atoms with Crippen molar-refractivity contribution in [3.05, 3.63) is 28.2 Å². The molecule has 1 heterocycles. The Morgan fingerprint density at radius 1 is 1.63 bits per heavy atom. The highest BCUT2D eigenvalue weighted by Crippen LogP contribution is 2.25. The van der Waals surface area contributed by atoms with Gasteiger partial charge in [0.25, 0.3) is 5.91 Å². The Balaban J connectivity index is 2.27. The fraction of sp³-hybridized carbons (Fsp3) is 0.462. The molecular weight excluding hydrogens is 314 g/mol. The molecule has 0 bridgehead atoms. The summed E-state index contributed by atoms with van der Waals surface area (Å²) in [6, 6.07) is 4.96. The molecule has 1 saturated heterocycles. The lowest BCUT2D eigenvalue weighted by atomic mass is 10.1. The van der Waals surface area contributed by atoms with E-state index in [1.165, 1.54) is 0 Å². The van der Waals surface area contributed by atoms with Gasteiger partial charge in [0.15, 0.2) is 0 Å². The first-order valence-corrected chi connectivity index (χ1v) is 6.79. The van der Waals surface area contributed by atoms with Crippen LogP contribution in [0.3, 0.4) is 0 Å². The van der Waals surface area contributed by atoms with E-state index in [1.54, 1.807) is 30.2 Å². The Hall–Kier alpha value is -1.11. The molecule has 5 nitrogen and oxygen atoms in total. The van der Waals surface area contributed by atoms with Crippen molar-refractivity contribution >= 4 is 21.8 Å². The van der Waals surface area contributed by atoms with E-state index in [9.17, 15) is 9.90 Å². The minimum absolute atomic E-state index is 0.104. The molecule has 1 amide bonds. The third-order valence-electron chi connectivity index (χ3n) is 3.10. The van der Waals surface area contributed by atoms with Crippen molar-refractivity contribution in [3.8, 4) is 5.75 Å². The van der Waals surface area contributed by atoms with Gasteiger partial charge in [-0.25, -0.2) is 0 Å². The van der Waals surface area contributed by atoms with Gasteiger partial charge in [-0.1, -0.05) is 0 Å². The predicted molar refractivity (Wildman–Crippen MR) is 73.4 cm³/mol. The first kappa shape index (κ1) is 14.3. The van der Waals surface area contributed by atoms with Crippen LogP contribution in [0.25, 0.3) is 0 Å². The van der Waals surface area contributed by atoms with E-state index >= 15 is 0 Å². The van der Waals surface area contributed by atoms with Gasteiger partial charge in [0.05, 0.1) is 38.5 Å². The summed E-state index contributed by atoms with van der Waals surface area (Å²) in [5.74, 6) is 0.494. The smallest absolute Gasteiger partial charge is 0.255 e. The minimum atomic E-state index is -0.292. The van der Waals surface area contributed by atoms with E-state index in [0.29, 0.717) is 35.5 Å². The van der Waals surface area contributed by atoms with Gasteiger partial charge < -0.3 is 19.5 Å². The third-order valence-corrected chi connectivity index (χ3v) is 3.79. The zero-order valence-corrected chi connectivity index (χ0v) is 12.2. The number of morpholine rings is 1. The number of rotatable bonds is 3. The number of aliphatic hydroxyl groups excluding tert-OH is 1. The quantitative estimate of drug-likeness (QED) is 0.907. The van der Waals surface area contributed by atoms with E-state index in [2.05, 4.69) is 15.9 Å². The second-order valence-electron chi connectivity index (χ2n) is 4.26. The number of benzene rings is 1. The average Bonchev–Trinajstić information content (AvgIpc) is 2.47. The van der Waals surface area contributed by atoms with Crippen molar-refractivity contribution in [1.29, 1.82) is 0 Å². The van der Waals surface area contributed by atoms with Crippen LogP contribution in [0.4, 0.5) is 0 Å². The van der Waals surface area contributed by atoms with Crippen LogP contribution in [0.1, 0.15) is 10.4 Å². The number of halogens is 1. The van der Waals surface area contributed by atoms with Gasteiger partial charge in [0.2, 0.25) is 0 Å². The number of hydrogen-bond acceptors (Lipinski definition) is 4. The van der Waals surface area contributed by atoms with Crippen molar-refractivity contribution in [2.45, 2.75) is 6.04 Å². The molecule has 1 unspecified atom stereocenters. The standard InChI is InChI=1S/C13H16BrNO4/c1-18-10-2-3-12(14)11(6-10)13(17)15-4-5-19-8-9(15)7-16/h2-3,6,9,16H,4-5,7-8H2,1H3. The molecule has 19 heavy (non-hydrogen) atoms. The number of nitrogens with zero attached hydrogens (tertiary/aromatic N) is 1. The van der Waals surface area contributed by atoms with E-state index < -0.39 is 0 Å². The normalized spacial score (nSPS) is 19.3. The maximum absolute atomic E-state index is 12.5. The summed E-state index contributed by atoms with van der Waals surface area (Å²) < 4.78 is 11.1. The molecule has 0 aromatic heterocycles. The number of ether oxygens (including phenoxy) is 2. The Labute approximate surface area is 120 Å². The van der Waals surface area contributed by atoms with Crippen LogP contribution in [-0.4, -0.2) is 55.4 Å². The van der Waals surface area contributed by atoms with Crippen molar-refractivity contribution < 1.29 is 19.4 Å². The Morgan fingerprint density at radius 3 is 3.11 bits per heavy atom. The van der Waals surface area contributed by atoms with Gasteiger partial charge in [0, 0.05) is 11.0 Å². The molecule has 2 rings (SSSR count). The topological polar surface area (TPSA) is 59.0 Å². The molecular formula is C13H16BrNO4. The number of hydrogen-bond donors (Lipinski definition) is 1. The van der Waals surface area contributed by atoms with Gasteiger partial charge in [0.1, 0.15) is 5.75 Å². The molecule has 1 fully saturated rings. The number of carbonyl (C=O) groups is 1. The van der Waals surface area contributed by atoms with Gasteiger partial charge in [-0.2, -0.15) is 0 Å². The third kappa shape index (κ3) is 3.08. The van der Waals surface area contributed by atoms with E-state index in [0.717, 1.165) is 0 Å². The molecule has 0 radical (unpaired) electrons. The molecule has 1 N–H and O–H groups in total. The zero-order chi connectivity index (χ0) is 13.8. The summed E-state index contributed by atoms with van der Waals surface area (Å²) in [7, 11) is 1.56. The first-order valence-electron chi connectivity index (χ1n) is 6.00. The Morgan fingerprint density at radius 2 is 2.42 bits per heavy atom. The lowest BCUT2D eigenvalue weighted by Gasteiger charge is -2.34. The fourth-order valence-electron chi connectivity index (χ4n) is 2.02. The molecule has 0 spiro atoms. The molecule has 1 aliphatic rings. The highest BCUT2D eigenvalue weighted by Gasteiger charge is 2.28. The van der Waals surface area contributed by atoms with E-state index in [4.69, 9.17) is 9.47 Å². The molecule has 104 valence electrons. The molecule has 6 heteroatoms. The summed E-state index contributed by atoms with van der Waals surface area (Å²) in [6.45, 7) is 1.23. The fourth-order valence-corrected chi connectivity index (χ4v) is 2.44. The average molecular weight is 330 g/mol. The van der Waals surface area contributed by atoms with Gasteiger partial charge >= 0.3 is 0 Å². The van der Waals surface area contributed by atoms with Crippen LogP contribution in [0.2, 0.25) is 0 Å². The Kier molecular flexibility index (Phi) is 4.79. The second kappa shape index (κ2) is 6.36. The van der Waals surface area contributed by atoms with Gasteiger partial charge in [-0.05, 0) is 34.1 Å². The SMILES string of the molecule is COc1ccc(Br)c(C(=O)N2CCOCC2CO)c1. The maximum Gasteiger partial charge on any atom is 0.255 e. The molecule has 1 aromatic rings. The summed E-state index contributed by atoms with van der Waals surface area (Å²) in [5, 5.41) is 9.32. The lowest BCUT2D eigenvalue weighted by Crippen LogP contribution is -2.50. The number of aliphatic hydroxyl groups is 1. The van der Waals surface area contributed by atoms with Crippen molar-refractivity contribution in [1.82, 2.24) is 4.90 Å². The summed E-state index contributed by atoms with van der Waals surface area (Å²) in [5.41, 5.74) is 0.528. The highest BCUT2D eigenvalue weighted by atomic mass is 79.9. The Bertz CT molecular complexity index is 466. The summed E-state index contributed by atoms with van der Waals surface area (Å²) >= 11 is 3.37. The first-order chi connectivity index (χ1) is 9.17. The van der Waals surface area contributed by atoms with Crippen molar-refractivity contribution in [3.63, 3.8) is 0 Å². The molecule has 1 atom stereocenters. The molecule has 0 saturated carbocycles. The zero-order valence-electron chi connectivity index (χ0n) is 10.6. The second-order valence-corrected chi connectivity index (χ2v) is 5.11. The van der Waals surface area contributed by atoms with Crippen LogP contribution in [0.15, 0.2) is 22.7 Å². The van der Waals surface area contributed by atoms with Crippen molar-refractivity contribution in [2.24, 2.45) is 0 Å². The number of carbonyl (C=O) groups excluding carboxylic acids is 1. The number of amides is 1. The number of methoxy groups -OCH3 is 1. The highest BCUT2D eigenvalue weighted by molar-refractivity contribution is 9.10. The van der Waals surface area contributed by atoms with Crippen LogP contribution in [-0.2, 0) is 4.74 Å². The summed E-state index contributed by atoms with van der Waals surface area (Å²) in [4.78, 5) is 14.2. The van der Waals surface area contributed by atoms with Crippen LogP contribution in [0, 0.1) is 0 Å². The molecule has 1 aromatic carbocycles. The van der Waals surface area contributed by atoms with Crippen LogP contribution >= 0.6 is 15.9 Å². The monoisotopic (exact) mass is 329 g/mol. The van der Waals surface area contributed by atoms with Gasteiger partial charge in [-0.15, -0.1) is 0 Å². The maximum atomic E-state index is 12.5.